The van der Waals surface area contributed by atoms with Crippen molar-refractivity contribution in [3.8, 4) is 0 Å². The van der Waals surface area contributed by atoms with E-state index in [1.54, 1.807) is 0 Å². The maximum atomic E-state index is 6.06. The smallest absolute Gasteiger partial charge is 0.128 e. The van der Waals surface area contributed by atoms with E-state index in [1.807, 2.05) is 13.0 Å². The summed E-state index contributed by atoms with van der Waals surface area (Å²) in [4.78, 5) is 6.97. The van der Waals surface area contributed by atoms with Crippen molar-refractivity contribution < 1.29 is 9.47 Å². The maximum absolute atomic E-state index is 6.06. The summed E-state index contributed by atoms with van der Waals surface area (Å²) in [6.45, 7) is 5.79. The molecule has 1 unspecified atom stereocenters. The fraction of sp³-hybridized carbons (Fsp3) is 0.706. The second kappa shape index (κ2) is 7.23. The van der Waals surface area contributed by atoms with Gasteiger partial charge in [0.1, 0.15) is 5.82 Å². The molecule has 4 nitrogen and oxygen atoms in total. The van der Waals surface area contributed by atoms with Gasteiger partial charge < -0.3 is 14.4 Å². The number of nitrogens with zero attached hydrogens (tertiary/aromatic N) is 2. The lowest BCUT2D eigenvalue weighted by molar-refractivity contribution is -0.0672. The van der Waals surface area contributed by atoms with Crippen molar-refractivity contribution in [2.45, 2.75) is 51.2 Å². The molecule has 0 bridgehead atoms. The highest BCUT2D eigenvalue weighted by Gasteiger charge is 2.22. The molecule has 2 aliphatic heterocycles. The van der Waals surface area contributed by atoms with E-state index < -0.39 is 0 Å². The molecular formula is C17H26N2O2. The molecule has 0 spiro atoms. The van der Waals surface area contributed by atoms with E-state index in [-0.39, 0.29) is 0 Å². The molecule has 2 aliphatic rings. The average molecular weight is 290 g/mol. The van der Waals surface area contributed by atoms with Crippen LogP contribution in [0.15, 0.2) is 18.2 Å². The van der Waals surface area contributed by atoms with Gasteiger partial charge in [-0.2, -0.15) is 0 Å². The number of aryl methyl sites for hydroxylation is 1. The molecule has 3 heterocycles. The first-order chi connectivity index (χ1) is 10.3. The van der Waals surface area contributed by atoms with Crippen LogP contribution in [0.3, 0.4) is 0 Å². The van der Waals surface area contributed by atoms with E-state index in [2.05, 4.69) is 22.0 Å². The first-order valence-corrected chi connectivity index (χ1v) is 8.23. The van der Waals surface area contributed by atoms with Crippen LogP contribution in [-0.4, -0.2) is 43.5 Å². The van der Waals surface area contributed by atoms with Gasteiger partial charge in [-0.05, 0) is 51.2 Å². The number of anilines is 1. The van der Waals surface area contributed by atoms with Gasteiger partial charge in [0.05, 0.1) is 18.8 Å². The molecule has 116 valence electrons. The molecule has 0 saturated carbocycles. The monoisotopic (exact) mass is 290 g/mol. The summed E-state index contributed by atoms with van der Waals surface area (Å²) >= 11 is 0. The van der Waals surface area contributed by atoms with Crippen LogP contribution in [0.2, 0.25) is 0 Å². The van der Waals surface area contributed by atoms with E-state index in [1.165, 1.54) is 12.8 Å². The summed E-state index contributed by atoms with van der Waals surface area (Å²) in [5, 5.41) is 0. The second-order valence-electron chi connectivity index (χ2n) is 6.15. The van der Waals surface area contributed by atoms with Crippen molar-refractivity contribution in [1.29, 1.82) is 0 Å². The maximum Gasteiger partial charge on any atom is 0.128 e. The lowest BCUT2D eigenvalue weighted by atomic mass is 10.1. The largest absolute Gasteiger partial charge is 0.376 e. The fourth-order valence-electron chi connectivity index (χ4n) is 3.14. The minimum Gasteiger partial charge on any atom is -0.376 e. The van der Waals surface area contributed by atoms with Gasteiger partial charge in [-0.25, -0.2) is 4.98 Å². The number of aromatic nitrogens is 1. The van der Waals surface area contributed by atoms with E-state index in [4.69, 9.17) is 9.47 Å². The highest BCUT2D eigenvalue weighted by molar-refractivity contribution is 5.39. The Kier molecular flexibility index (Phi) is 5.09. The highest BCUT2D eigenvalue weighted by atomic mass is 16.5. The van der Waals surface area contributed by atoms with Crippen LogP contribution in [0.4, 0.5) is 5.82 Å². The summed E-state index contributed by atoms with van der Waals surface area (Å²) < 4.78 is 11.8. The Hall–Kier alpha value is -1.13. The Morgan fingerprint density at radius 2 is 2.10 bits per heavy atom. The Balaban J connectivity index is 1.42. The van der Waals surface area contributed by atoms with Crippen LogP contribution >= 0.6 is 0 Å². The Labute approximate surface area is 127 Å². The topological polar surface area (TPSA) is 34.6 Å². The third kappa shape index (κ3) is 4.17. The molecule has 1 atom stereocenters. The third-order valence-corrected chi connectivity index (χ3v) is 4.43. The van der Waals surface area contributed by atoms with Gasteiger partial charge >= 0.3 is 0 Å². The molecule has 3 rings (SSSR count). The van der Waals surface area contributed by atoms with Gasteiger partial charge in [0.2, 0.25) is 0 Å². The van der Waals surface area contributed by atoms with Crippen molar-refractivity contribution in [1.82, 2.24) is 4.98 Å². The molecule has 0 N–H and O–H groups in total. The van der Waals surface area contributed by atoms with E-state index in [0.29, 0.717) is 12.2 Å². The summed E-state index contributed by atoms with van der Waals surface area (Å²) in [6, 6.07) is 6.23. The quantitative estimate of drug-likeness (QED) is 0.854. The van der Waals surface area contributed by atoms with Crippen molar-refractivity contribution in [3.63, 3.8) is 0 Å². The molecule has 1 aromatic heterocycles. The molecule has 0 amide bonds. The normalized spacial score (nSPS) is 24.2. The van der Waals surface area contributed by atoms with Gasteiger partial charge in [0, 0.05) is 25.4 Å². The van der Waals surface area contributed by atoms with E-state index >= 15 is 0 Å². The fourth-order valence-corrected chi connectivity index (χ4v) is 3.14. The number of piperidine rings is 1. The zero-order valence-electron chi connectivity index (χ0n) is 13.0. The summed E-state index contributed by atoms with van der Waals surface area (Å²) in [5.74, 6) is 1.10. The van der Waals surface area contributed by atoms with Crippen LogP contribution in [0, 0.1) is 6.92 Å². The van der Waals surface area contributed by atoms with Crippen molar-refractivity contribution in [3.05, 3.63) is 23.9 Å². The second-order valence-corrected chi connectivity index (χ2v) is 6.15. The van der Waals surface area contributed by atoms with Crippen LogP contribution in [0.5, 0.6) is 0 Å². The Morgan fingerprint density at radius 3 is 2.81 bits per heavy atom. The van der Waals surface area contributed by atoms with Gasteiger partial charge in [-0.3, -0.25) is 0 Å². The third-order valence-electron chi connectivity index (χ3n) is 4.43. The average Bonchev–Trinajstić information content (AvgIpc) is 2.54. The summed E-state index contributed by atoms with van der Waals surface area (Å²) in [5.41, 5.74) is 1.08. The van der Waals surface area contributed by atoms with Gasteiger partial charge in [0.25, 0.3) is 0 Å². The molecule has 0 aliphatic carbocycles. The number of pyridine rings is 1. The summed E-state index contributed by atoms with van der Waals surface area (Å²) in [6.07, 6.45) is 6.53. The number of hydrogen-bond acceptors (Lipinski definition) is 4. The predicted molar refractivity (Wildman–Crippen MR) is 83.8 cm³/mol. The molecule has 2 saturated heterocycles. The van der Waals surface area contributed by atoms with Crippen LogP contribution in [-0.2, 0) is 9.47 Å². The van der Waals surface area contributed by atoms with Crippen molar-refractivity contribution in [2.24, 2.45) is 0 Å². The molecule has 21 heavy (non-hydrogen) atoms. The number of ether oxygens (including phenoxy) is 2. The first-order valence-electron chi connectivity index (χ1n) is 8.23. The van der Waals surface area contributed by atoms with Crippen molar-refractivity contribution in [2.75, 3.05) is 31.2 Å². The van der Waals surface area contributed by atoms with Gasteiger partial charge in [0.15, 0.2) is 0 Å². The highest BCUT2D eigenvalue weighted by Crippen LogP contribution is 2.21. The molecule has 0 radical (unpaired) electrons. The molecular weight excluding hydrogens is 264 g/mol. The standard InChI is InChI=1S/C17H26N2O2/c1-14-5-4-7-17(18-14)19-10-8-15(9-11-19)21-13-16-6-2-3-12-20-16/h4-5,7,15-16H,2-3,6,8-13H2,1H3. The first kappa shape index (κ1) is 14.8. The molecule has 0 aromatic carbocycles. The lowest BCUT2D eigenvalue weighted by Crippen LogP contribution is -2.38. The molecule has 1 aromatic rings. The zero-order valence-corrected chi connectivity index (χ0v) is 13.0. The minimum atomic E-state index is 0.329. The van der Waals surface area contributed by atoms with E-state index in [0.717, 1.165) is 57.1 Å². The number of rotatable bonds is 4. The zero-order chi connectivity index (χ0) is 14.5. The van der Waals surface area contributed by atoms with Crippen molar-refractivity contribution >= 4 is 5.82 Å². The van der Waals surface area contributed by atoms with Gasteiger partial charge in [-0.15, -0.1) is 0 Å². The molecule has 2 fully saturated rings. The van der Waals surface area contributed by atoms with Crippen LogP contribution in [0.1, 0.15) is 37.8 Å². The number of hydrogen-bond donors (Lipinski definition) is 0. The summed E-state index contributed by atoms with van der Waals surface area (Å²) in [7, 11) is 0. The van der Waals surface area contributed by atoms with Crippen LogP contribution in [0.25, 0.3) is 0 Å². The molecule has 4 heteroatoms. The minimum absolute atomic E-state index is 0.329. The van der Waals surface area contributed by atoms with Gasteiger partial charge in [-0.1, -0.05) is 6.07 Å². The Morgan fingerprint density at radius 1 is 1.24 bits per heavy atom. The van der Waals surface area contributed by atoms with E-state index in [9.17, 15) is 0 Å². The van der Waals surface area contributed by atoms with Crippen LogP contribution < -0.4 is 4.90 Å². The SMILES string of the molecule is Cc1cccc(N2CCC(OCC3CCCCO3)CC2)n1. The predicted octanol–water partition coefficient (Wildman–Crippen LogP) is 2.94. The Bertz CT molecular complexity index is 438. The lowest BCUT2D eigenvalue weighted by Gasteiger charge is -2.34.